The molecule has 18 heavy (non-hydrogen) atoms. The molecule has 0 radical (unpaired) electrons. The highest BCUT2D eigenvalue weighted by Gasteiger charge is 2.06. The lowest BCUT2D eigenvalue weighted by Gasteiger charge is -2.06. The molecule has 0 saturated carbocycles. The van der Waals surface area contributed by atoms with Gasteiger partial charge in [0.25, 0.3) is 0 Å². The lowest BCUT2D eigenvalue weighted by Crippen LogP contribution is -2.10. The maximum Gasteiger partial charge on any atom is 0.324 e. The molecule has 0 aliphatic rings. The minimum absolute atomic E-state index is 0.220. The van der Waals surface area contributed by atoms with Crippen LogP contribution in [0.2, 0.25) is 0 Å². The molecule has 0 atom stereocenters. The standard InChI is InChI=1S/C10H13N5O2S/c1-16-9-13-8(14-10(15-9)17-2)11-4-3-7-5-18-6-12-7/h5-6H,3-4H2,1-2H3,(H,11,13,14,15). The van der Waals surface area contributed by atoms with E-state index in [0.29, 0.717) is 12.5 Å². The second-order valence-corrected chi connectivity index (χ2v) is 4.01. The second-order valence-electron chi connectivity index (χ2n) is 3.29. The predicted octanol–water partition coefficient (Wildman–Crippen LogP) is 1.000. The molecule has 0 amide bonds. The SMILES string of the molecule is COc1nc(NCCc2cscn2)nc(OC)n1. The second kappa shape index (κ2) is 6.10. The van der Waals surface area contributed by atoms with E-state index < -0.39 is 0 Å². The van der Waals surface area contributed by atoms with E-state index in [2.05, 4.69) is 25.3 Å². The Morgan fingerprint density at radius 1 is 1.17 bits per heavy atom. The van der Waals surface area contributed by atoms with Crippen LogP contribution < -0.4 is 14.8 Å². The van der Waals surface area contributed by atoms with Crippen LogP contribution in [0.4, 0.5) is 5.95 Å². The monoisotopic (exact) mass is 267 g/mol. The third-order valence-corrected chi connectivity index (χ3v) is 2.74. The molecule has 2 heterocycles. The van der Waals surface area contributed by atoms with Crippen molar-refractivity contribution in [2.75, 3.05) is 26.1 Å². The highest BCUT2D eigenvalue weighted by atomic mass is 32.1. The Hall–Kier alpha value is -1.96. The van der Waals surface area contributed by atoms with Gasteiger partial charge in [-0.25, -0.2) is 4.98 Å². The van der Waals surface area contributed by atoms with Gasteiger partial charge in [-0.2, -0.15) is 9.97 Å². The molecule has 2 rings (SSSR count). The molecule has 0 saturated heterocycles. The highest BCUT2D eigenvalue weighted by Crippen LogP contribution is 2.12. The number of ether oxygens (including phenoxy) is 2. The van der Waals surface area contributed by atoms with Gasteiger partial charge >= 0.3 is 12.0 Å². The van der Waals surface area contributed by atoms with Crippen molar-refractivity contribution in [2.45, 2.75) is 6.42 Å². The van der Waals surface area contributed by atoms with Crippen LogP contribution in [0.25, 0.3) is 0 Å². The van der Waals surface area contributed by atoms with Crippen molar-refractivity contribution in [3.05, 3.63) is 16.6 Å². The first-order chi connectivity index (χ1) is 8.81. The topological polar surface area (TPSA) is 82.0 Å². The van der Waals surface area contributed by atoms with E-state index in [1.807, 2.05) is 10.9 Å². The molecule has 2 aromatic heterocycles. The third-order valence-electron chi connectivity index (χ3n) is 2.11. The van der Waals surface area contributed by atoms with Gasteiger partial charge in [-0.15, -0.1) is 16.3 Å². The summed E-state index contributed by atoms with van der Waals surface area (Å²) in [5.74, 6) is 0.425. The van der Waals surface area contributed by atoms with Gasteiger partial charge in [0.2, 0.25) is 5.95 Å². The van der Waals surface area contributed by atoms with Gasteiger partial charge in [-0.05, 0) is 0 Å². The van der Waals surface area contributed by atoms with Crippen LogP contribution >= 0.6 is 11.3 Å². The van der Waals surface area contributed by atoms with Gasteiger partial charge in [0, 0.05) is 18.3 Å². The Bertz CT molecular complexity index is 469. The average molecular weight is 267 g/mol. The van der Waals surface area contributed by atoms with Gasteiger partial charge in [-0.1, -0.05) is 0 Å². The van der Waals surface area contributed by atoms with E-state index in [1.54, 1.807) is 11.3 Å². The van der Waals surface area contributed by atoms with E-state index >= 15 is 0 Å². The molecule has 0 unspecified atom stereocenters. The molecule has 0 aliphatic carbocycles. The van der Waals surface area contributed by atoms with Crippen molar-refractivity contribution >= 4 is 17.3 Å². The Balaban J connectivity index is 1.95. The first kappa shape index (κ1) is 12.5. The number of anilines is 1. The van der Waals surface area contributed by atoms with Crippen molar-refractivity contribution in [2.24, 2.45) is 0 Å². The van der Waals surface area contributed by atoms with Gasteiger partial charge in [0.05, 0.1) is 25.4 Å². The molecular formula is C10H13N5O2S. The zero-order valence-electron chi connectivity index (χ0n) is 10.1. The number of methoxy groups -OCH3 is 2. The highest BCUT2D eigenvalue weighted by molar-refractivity contribution is 7.07. The summed E-state index contributed by atoms with van der Waals surface area (Å²) in [6, 6.07) is 0.441. The molecule has 7 nitrogen and oxygen atoms in total. The summed E-state index contributed by atoms with van der Waals surface area (Å²) in [4.78, 5) is 16.2. The van der Waals surface area contributed by atoms with Crippen molar-refractivity contribution in [3.63, 3.8) is 0 Å². The molecular weight excluding hydrogens is 254 g/mol. The Morgan fingerprint density at radius 2 is 1.89 bits per heavy atom. The maximum atomic E-state index is 4.96. The fourth-order valence-corrected chi connectivity index (χ4v) is 1.86. The Kier molecular flexibility index (Phi) is 4.24. The van der Waals surface area contributed by atoms with Gasteiger partial charge in [0.1, 0.15) is 0 Å². The Morgan fingerprint density at radius 3 is 2.44 bits per heavy atom. The number of hydrogen-bond acceptors (Lipinski definition) is 8. The molecule has 1 N–H and O–H groups in total. The third kappa shape index (κ3) is 3.27. The average Bonchev–Trinajstić information content (AvgIpc) is 2.91. The summed E-state index contributed by atoms with van der Waals surface area (Å²) in [5.41, 5.74) is 2.85. The summed E-state index contributed by atoms with van der Waals surface area (Å²) in [6.07, 6.45) is 0.805. The minimum Gasteiger partial charge on any atom is -0.467 e. The van der Waals surface area contributed by atoms with E-state index in [4.69, 9.17) is 9.47 Å². The number of thiazole rings is 1. The van der Waals surface area contributed by atoms with Gasteiger partial charge in [-0.3, -0.25) is 0 Å². The van der Waals surface area contributed by atoms with E-state index in [-0.39, 0.29) is 12.0 Å². The molecule has 0 fully saturated rings. The molecule has 0 bridgehead atoms. The molecule has 0 aromatic carbocycles. The van der Waals surface area contributed by atoms with Crippen molar-refractivity contribution in [1.29, 1.82) is 0 Å². The summed E-state index contributed by atoms with van der Waals surface area (Å²) >= 11 is 1.58. The molecule has 96 valence electrons. The minimum atomic E-state index is 0.220. The summed E-state index contributed by atoms with van der Waals surface area (Å²) in [6.45, 7) is 0.681. The lowest BCUT2D eigenvalue weighted by molar-refractivity contribution is 0.341. The zero-order chi connectivity index (χ0) is 12.8. The first-order valence-electron chi connectivity index (χ1n) is 5.27. The van der Waals surface area contributed by atoms with Crippen LogP contribution in [0.3, 0.4) is 0 Å². The van der Waals surface area contributed by atoms with Crippen molar-refractivity contribution < 1.29 is 9.47 Å². The quantitative estimate of drug-likeness (QED) is 0.836. The normalized spacial score (nSPS) is 10.1. The lowest BCUT2D eigenvalue weighted by atomic mass is 10.3. The van der Waals surface area contributed by atoms with E-state index in [9.17, 15) is 0 Å². The van der Waals surface area contributed by atoms with Gasteiger partial charge < -0.3 is 14.8 Å². The fourth-order valence-electron chi connectivity index (χ4n) is 1.26. The number of aromatic nitrogens is 4. The smallest absolute Gasteiger partial charge is 0.324 e. The van der Waals surface area contributed by atoms with E-state index in [0.717, 1.165) is 12.1 Å². The number of hydrogen-bond donors (Lipinski definition) is 1. The molecule has 0 spiro atoms. The van der Waals surface area contributed by atoms with Gasteiger partial charge in [0.15, 0.2) is 0 Å². The van der Waals surface area contributed by atoms with Crippen molar-refractivity contribution in [3.8, 4) is 12.0 Å². The maximum absolute atomic E-state index is 4.96. The van der Waals surface area contributed by atoms with Crippen LogP contribution in [0.15, 0.2) is 10.9 Å². The number of rotatable bonds is 6. The van der Waals surface area contributed by atoms with Crippen molar-refractivity contribution in [1.82, 2.24) is 19.9 Å². The molecule has 0 aliphatic heterocycles. The number of nitrogens with zero attached hydrogens (tertiary/aromatic N) is 4. The van der Waals surface area contributed by atoms with Crippen LogP contribution in [0.1, 0.15) is 5.69 Å². The van der Waals surface area contributed by atoms with E-state index in [1.165, 1.54) is 14.2 Å². The molecule has 8 heteroatoms. The van der Waals surface area contributed by atoms with Crippen LogP contribution in [-0.2, 0) is 6.42 Å². The Labute approximate surface area is 108 Å². The van der Waals surface area contributed by atoms with Crippen LogP contribution in [-0.4, -0.2) is 40.7 Å². The largest absolute Gasteiger partial charge is 0.467 e. The fraction of sp³-hybridized carbons (Fsp3) is 0.400. The summed E-state index contributed by atoms with van der Waals surface area (Å²) in [7, 11) is 2.99. The summed E-state index contributed by atoms with van der Waals surface area (Å²) < 4.78 is 9.91. The van der Waals surface area contributed by atoms with Crippen LogP contribution in [0.5, 0.6) is 12.0 Å². The molecule has 2 aromatic rings. The first-order valence-corrected chi connectivity index (χ1v) is 6.21. The summed E-state index contributed by atoms with van der Waals surface area (Å²) in [5, 5.41) is 5.08. The zero-order valence-corrected chi connectivity index (χ0v) is 10.9. The van der Waals surface area contributed by atoms with Crippen LogP contribution in [0, 0.1) is 0 Å². The predicted molar refractivity (Wildman–Crippen MR) is 67.2 cm³/mol. The number of nitrogens with one attached hydrogen (secondary N) is 1.